The molecule has 120 valence electrons. The summed E-state index contributed by atoms with van der Waals surface area (Å²) in [4.78, 5) is 24.1. The molecule has 0 N–H and O–H groups in total. The predicted octanol–water partition coefficient (Wildman–Crippen LogP) is 2.23. The van der Waals surface area contributed by atoms with Crippen LogP contribution in [0.15, 0.2) is 36.5 Å². The quantitative estimate of drug-likeness (QED) is 0.639. The van der Waals surface area contributed by atoms with Crippen LogP contribution in [-0.4, -0.2) is 36.1 Å². The van der Waals surface area contributed by atoms with E-state index in [4.69, 9.17) is 14.2 Å². The fourth-order valence-corrected chi connectivity index (χ4v) is 2.30. The molecule has 0 unspecified atom stereocenters. The van der Waals surface area contributed by atoms with Gasteiger partial charge in [0.05, 0.1) is 13.2 Å². The Hall–Kier alpha value is -2.76. The zero-order valence-electron chi connectivity index (χ0n) is 12.8. The van der Waals surface area contributed by atoms with Crippen molar-refractivity contribution in [3.05, 3.63) is 47.8 Å². The highest BCUT2D eigenvalue weighted by Gasteiger charge is 2.17. The van der Waals surface area contributed by atoms with Crippen molar-refractivity contribution in [1.82, 2.24) is 4.57 Å². The molecule has 6 nitrogen and oxygen atoms in total. The van der Waals surface area contributed by atoms with Gasteiger partial charge in [0.25, 0.3) is 0 Å². The number of Topliss-reactive ketones (excluding diaryl/α,β-unsaturated/α-hetero) is 1. The fourth-order valence-electron chi connectivity index (χ4n) is 2.30. The summed E-state index contributed by atoms with van der Waals surface area (Å²) in [5.41, 5.74) is 0.824. The second kappa shape index (κ2) is 6.56. The molecule has 0 bridgehead atoms. The molecular formula is C17H17NO5. The minimum Gasteiger partial charge on any atom is -0.490 e. The summed E-state index contributed by atoms with van der Waals surface area (Å²) in [6, 6.07) is 8.35. The number of carbonyl (C=O) groups is 2. The van der Waals surface area contributed by atoms with E-state index in [0.29, 0.717) is 36.0 Å². The number of aryl methyl sites for hydroxylation is 1. The Balaban J connectivity index is 1.65. The standard InChI is InChI=1S/C17H17NO5/c1-18-7-2-4-13(18)17(20)23-11-14(19)12-5-6-15-16(10-12)22-9-3-8-21-15/h2,4-7,10H,3,8-9,11H2,1H3. The lowest BCUT2D eigenvalue weighted by Crippen LogP contribution is -2.16. The van der Waals surface area contributed by atoms with Gasteiger partial charge < -0.3 is 18.8 Å². The molecule has 1 aromatic carbocycles. The van der Waals surface area contributed by atoms with Crippen molar-refractivity contribution in [3.63, 3.8) is 0 Å². The van der Waals surface area contributed by atoms with E-state index in [2.05, 4.69) is 0 Å². The monoisotopic (exact) mass is 315 g/mol. The molecule has 0 aliphatic carbocycles. The fraction of sp³-hybridized carbons (Fsp3) is 0.294. The van der Waals surface area contributed by atoms with Crippen molar-refractivity contribution in [2.24, 2.45) is 7.05 Å². The van der Waals surface area contributed by atoms with Crippen LogP contribution < -0.4 is 9.47 Å². The number of hydrogen-bond donors (Lipinski definition) is 0. The van der Waals surface area contributed by atoms with Crippen LogP contribution in [0.1, 0.15) is 27.3 Å². The van der Waals surface area contributed by atoms with E-state index in [1.165, 1.54) is 0 Å². The minimum absolute atomic E-state index is 0.289. The number of nitrogens with zero attached hydrogens (tertiary/aromatic N) is 1. The zero-order valence-corrected chi connectivity index (χ0v) is 12.8. The molecule has 6 heteroatoms. The SMILES string of the molecule is Cn1cccc1C(=O)OCC(=O)c1ccc2c(c1)OCCCO2. The first-order valence-corrected chi connectivity index (χ1v) is 7.36. The zero-order chi connectivity index (χ0) is 16.2. The maximum absolute atomic E-state index is 12.2. The van der Waals surface area contributed by atoms with Gasteiger partial charge in [-0.15, -0.1) is 0 Å². The summed E-state index contributed by atoms with van der Waals surface area (Å²) in [7, 11) is 1.74. The van der Waals surface area contributed by atoms with Gasteiger partial charge in [0.2, 0.25) is 0 Å². The van der Waals surface area contributed by atoms with Gasteiger partial charge in [-0.1, -0.05) is 0 Å². The molecule has 0 radical (unpaired) electrons. The lowest BCUT2D eigenvalue weighted by atomic mass is 10.1. The number of carbonyl (C=O) groups excluding carboxylic acids is 2. The van der Waals surface area contributed by atoms with Crippen molar-refractivity contribution in [2.45, 2.75) is 6.42 Å². The average Bonchev–Trinajstić information content (AvgIpc) is 2.85. The third-order valence-electron chi connectivity index (χ3n) is 3.56. The number of ketones is 1. The van der Waals surface area contributed by atoms with E-state index in [-0.39, 0.29) is 12.4 Å². The van der Waals surface area contributed by atoms with Crippen molar-refractivity contribution in [1.29, 1.82) is 0 Å². The molecule has 3 rings (SSSR count). The number of esters is 1. The number of rotatable bonds is 4. The van der Waals surface area contributed by atoms with Gasteiger partial charge in [0.15, 0.2) is 23.9 Å². The summed E-state index contributed by atoms with van der Waals surface area (Å²) >= 11 is 0. The smallest absolute Gasteiger partial charge is 0.355 e. The van der Waals surface area contributed by atoms with Gasteiger partial charge in [-0.25, -0.2) is 4.79 Å². The third kappa shape index (κ3) is 3.36. The third-order valence-corrected chi connectivity index (χ3v) is 3.56. The summed E-state index contributed by atoms with van der Waals surface area (Å²) in [5, 5.41) is 0. The van der Waals surface area contributed by atoms with Crippen molar-refractivity contribution < 1.29 is 23.8 Å². The second-order valence-corrected chi connectivity index (χ2v) is 5.22. The van der Waals surface area contributed by atoms with Crippen LogP contribution in [0.4, 0.5) is 0 Å². The van der Waals surface area contributed by atoms with E-state index in [1.54, 1.807) is 48.1 Å². The summed E-state index contributed by atoms with van der Waals surface area (Å²) in [5.74, 6) is 0.352. The Kier molecular flexibility index (Phi) is 4.32. The topological polar surface area (TPSA) is 66.8 Å². The van der Waals surface area contributed by atoms with Gasteiger partial charge in [-0.3, -0.25) is 4.79 Å². The summed E-state index contributed by atoms with van der Waals surface area (Å²) < 4.78 is 17.8. The maximum atomic E-state index is 12.2. The molecule has 0 fully saturated rings. The minimum atomic E-state index is -0.528. The number of hydrogen-bond acceptors (Lipinski definition) is 5. The molecule has 1 aliphatic rings. The van der Waals surface area contributed by atoms with Gasteiger partial charge >= 0.3 is 5.97 Å². The molecule has 0 amide bonds. The van der Waals surface area contributed by atoms with Crippen LogP contribution in [0.25, 0.3) is 0 Å². The summed E-state index contributed by atoms with van der Waals surface area (Å²) in [6.45, 7) is 0.825. The Bertz CT molecular complexity index is 734. The Morgan fingerprint density at radius 2 is 1.96 bits per heavy atom. The lowest BCUT2D eigenvalue weighted by Gasteiger charge is -2.09. The molecule has 2 aromatic rings. The first-order chi connectivity index (χ1) is 11.1. The average molecular weight is 315 g/mol. The molecule has 2 heterocycles. The van der Waals surface area contributed by atoms with Crippen molar-refractivity contribution in [3.8, 4) is 11.5 Å². The van der Waals surface area contributed by atoms with Gasteiger partial charge in [0, 0.05) is 25.2 Å². The first-order valence-electron chi connectivity index (χ1n) is 7.36. The summed E-state index contributed by atoms with van der Waals surface area (Å²) in [6.07, 6.45) is 2.54. The Labute approximate surface area is 133 Å². The molecule has 0 saturated heterocycles. The van der Waals surface area contributed by atoms with E-state index in [0.717, 1.165) is 6.42 Å². The highest BCUT2D eigenvalue weighted by Crippen LogP contribution is 2.30. The second-order valence-electron chi connectivity index (χ2n) is 5.22. The normalized spacial score (nSPS) is 13.3. The molecule has 1 aliphatic heterocycles. The first kappa shape index (κ1) is 15.1. The molecule has 0 saturated carbocycles. The van der Waals surface area contributed by atoms with Crippen molar-refractivity contribution >= 4 is 11.8 Å². The predicted molar refractivity (Wildman–Crippen MR) is 82.1 cm³/mol. The Morgan fingerprint density at radius 3 is 2.70 bits per heavy atom. The van der Waals surface area contributed by atoms with E-state index < -0.39 is 5.97 Å². The molecule has 0 atom stereocenters. The van der Waals surface area contributed by atoms with Crippen LogP contribution in [0, 0.1) is 0 Å². The maximum Gasteiger partial charge on any atom is 0.355 e. The molecule has 23 heavy (non-hydrogen) atoms. The van der Waals surface area contributed by atoms with Gasteiger partial charge in [0.1, 0.15) is 5.69 Å². The van der Waals surface area contributed by atoms with Crippen LogP contribution in [0.5, 0.6) is 11.5 Å². The lowest BCUT2D eigenvalue weighted by molar-refractivity contribution is 0.0465. The van der Waals surface area contributed by atoms with Gasteiger partial charge in [-0.2, -0.15) is 0 Å². The van der Waals surface area contributed by atoms with E-state index in [9.17, 15) is 9.59 Å². The molecular weight excluding hydrogens is 298 g/mol. The van der Waals surface area contributed by atoms with Crippen molar-refractivity contribution in [2.75, 3.05) is 19.8 Å². The van der Waals surface area contributed by atoms with Gasteiger partial charge in [-0.05, 0) is 30.3 Å². The number of fused-ring (bicyclic) bond motifs is 1. The van der Waals surface area contributed by atoms with Crippen LogP contribution >= 0.6 is 0 Å². The largest absolute Gasteiger partial charge is 0.490 e. The van der Waals surface area contributed by atoms with Crippen LogP contribution in [0.3, 0.4) is 0 Å². The van der Waals surface area contributed by atoms with E-state index >= 15 is 0 Å². The van der Waals surface area contributed by atoms with E-state index in [1.807, 2.05) is 0 Å². The Morgan fingerprint density at radius 1 is 1.17 bits per heavy atom. The van der Waals surface area contributed by atoms with Crippen LogP contribution in [0.2, 0.25) is 0 Å². The highest BCUT2D eigenvalue weighted by atomic mass is 16.5. The van der Waals surface area contributed by atoms with Crippen LogP contribution in [-0.2, 0) is 11.8 Å². The number of aromatic nitrogens is 1. The molecule has 1 aromatic heterocycles. The molecule has 0 spiro atoms. The number of ether oxygens (including phenoxy) is 3. The highest BCUT2D eigenvalue weighted by molar-refractivity contribution is 5.99. The number of benzene rings is 1.